The Morgan fingerprint density at radius 1 is 1.47 bits per heavy atom. The molecule has 2 aromatic rings. The summed E-state index contributed by atoms with van der Waals surface area (Å²) in [5.74, 6) is 0.151. The van der Waals surface area contributed by atoms with Gasteiger partial charge in [-0.05, 0) is 6.07 Å². The van der Waals surface area contributed by atoms with Gasteiger partial charge in [0.2, 0.25) is 0 Å². The van der Waals surface area contributed by atoms with Crippen molar-refractivity contribution in [2.75, 3.05) is 0 Å². The number of aromatic nitrogens is 1. The number of benzene rings is 1. The van der Waals surface area contributed by atoms with E-state index in [2.05, 4.69) is 0 Å². The van der Waals surface area contributed by atoms with E-state index in [0.717, 1.165) is 16.5 Å². The van der Waals surface area contributed by atoms with Crippen LogP contribution in [-0.2, 0) is 7.05 Å². The molecule has 0 bridgehead atoms. The van der Waals surface area contributed by atoms with E-state index in [1.807, 2.05) is 42.9 Å². The molecule has 0 aliphatic heterocycles. The van der Waals surface area contributed by atoms with Crippen molar-refractivity contribution in [1.29, 1.82) is 0 Å². The Labute approximate surface area is 93.5 Å². The lowest BCUT2D eigenvalue weighted by Crippen LogP contribution is -2.00. The van der Waals surface area contributed by atoms with E-state index in [1.165, 1.54) is 0 Å². The smallest absolute Gasteiger partial charge is 0.164 e. The Morgan fingerprint density at radius 3 is 2.87 bits per heavy atom. The first-order valence-corrected chi connectivity index (χ1v) is 5.29. The molecule has 3 heteroatoms. The summed E-state index contributed by atoms with van der Waals surface area (Å²) in [5.41, 5.74) is 1.68. The van der Waals surface area contributed by atoms with E-state index in [9.17, 15) is 4.79 Å². The molecule has 0 aliphatic carbocycles. The van der Waals surface area contributed by atoms with Crippen molar-refractivity contribution in [3.8, 4) is 0 Å². The zero-order chi connectivity index (χ0) is 11.0. The van der Waals surface area contributed by atoms with Gasteiger partial charge in [-0.15, -0.1) is 0 Å². The number of aryl methyl sites for hydroxylation is 1. The molecule has 0 N–H and O–H groups in total. The fraction of sp³-hybridized carbons (Fsp3) is 0.250. The summed E-state index contributed by atoms with van der Waals surface area (Å²) in [6.45, 7) is 1.87. The number of hydrogen-bond acceptors (Lipinski definition) is 1. The van der Waals surface area contributed by atoms with Crippen molar-refractivity contribution < 1.29 is 4.79 Å². The third-order valence-electron chi connectivity index (χ3n) is 2.57. The van der Waals surface area contributed by atoms with E-state index in [-0.39, 0.29) is 5.78 Å². The summed E-state index contributed by atoms with van der Waals surface area (Å²) >= 11 is 6.07. The molecule has 0 fully saturated rings. The quantitative estimate of drug-likeness (QED) is 0.713. The normalized spacial score (nSPS) is 10.9. The lowest BCUT2D eigenvalue weighted by atomic mass is 10.1. The van der Waals surface area contributed by atoms with Crippen LogP contribution < -0.4 is 0 Å². The first kappa shape index (κ1) is 10.2. The molecule has 2 rings (SSSR count). The van der Waals surface area contributed by atoms with Gasteiger partial charge in [-0.25, -0.2) is 0 Å². The van der Waals surface area contributed by atoms with Crippen molar-refractivity contribution in [2.45, 2.75) is 13.3 Å². The minimum absolute atomic E-state index is 0.151. The second-order valence-corrected chi connectivity index (χ2v) is 3.97. The number of halogens is 1. The molecule has 0 spiro atoms. The monoisotopic (exact) mass is 221 g/mol. The van der Waals surface area contributed by atoms with E-state index >= 15 is 0 Å². The highest BCUT2D eigenvalue weighted by Gasteiger charge is 2.12. The van der Waals surface area contributed by atoms with Gasteiger partial charge in [-0.3, -0.25) is 4.79 Å². The van der Waals surface area contributed by atoms with Gasteiger partial charge in [-0.2, -0.15) is 0 Å². The SMILES string of the molecule is CCC(=O)c1cccc2c(Cl)cn(C)c12. The maximum absolute atomic E-state index is 11.7. The lowest BCUT2D eigenvalue weighted by molar-refractivity contribution is 0.0989. The molecule has 0 saturated carbocycles. The largest absolute Gasteiger partial charge is 0.348 e. The predicted molar refractivity (Wildman–Crippen MR) is 62.6 cm³/mol. The Morgan fingerprint density at radius 2 is 2.20 bits per heavy atom. The Balaban J connectivity index is 2.80. The molecule has 0 amide bonds. The molecule has 1 aromatic heterocycles. The molecule has 0 atom stereocenters. The Hall–Kier alpha value is -1.28. The summed E-state index contributed by atoms with van der Waals surface area (Å²) in [5, 5.41) is 1.64. The topological polar surface area (TPSA) is 22.0 Å². The lowest BCUT2D eigenvalue weighted by Gasteiger charge is -2.03. The van der Waals surface area contributed by atoms with Gasteiger partial charge in [0.25, 0.3) is 0 Å². The van der Waals surface area contributed by atoms with Gasteiger partial charge in [0.15, 0.2) is 5.78 Å². The first-order chi connectivity index (χ1) is 7.15. The highest BCUT2D eigenvalue weighted by atomic mass is 35.5. The molecule has 78 valence electrons. The van der Waals surface area contributed by atoms with Crippen LogP contribution in [0.4, 0.5) is 0 Å². The number of rotatable bonds is 2. The van der Waals surface area contributed by atoms with Gasteiger partial charge in [0.05, 0.1) is 10.5 Å². The van der Waals surface area contributed by atoms with Crippen LogP contribution in [0.15, 0.2) is 24.4 Å². The van der Waals surface area contributed by atoms with Crippen molar-refractivity contribution in [3.63, 3.8) is 0 Å². The van der Waals surface area contributed by atoms with Crippen LogP contribution in [-0.4, -0.2) is 10.4 Å². The summed E-state index contributed by atoms with van der Waals surface area (Å²) in [4.78, 5) is 11.7. The summed E-state index contributed by atoms with van der Waals surface area (Å²) in [6, 6.07) is 5.66. The third-order valence-corrected chi connectivity index (χ3v) is 2.88. The van der Waals surface area contributed by atoms with Crippen LogP contribution in [0.2, 0.25) is 5.02 Å². The number of carbonyl (C=O) groups excluding carboxylic acids is 1. The molecule has 1 heterocycles. The third kappa shape index (κ3) is 1.55. The molecular weight excluding hydrogens is 210 g/mol. The summed E-state index contributed by atoms with van der Waals surface area (Å²) in [6.07, 6.45) is 2.35. The molecular formula is C12H12ClNO. The summed E-state index contributed by atoms with van der Waals surface area (Å²) < 4.78 is 1.90. The molecule has 0 saturated heterocycles. The van der Waals surface area contributed by atoms with Gasteiger partial charge in [0, 0.05) is 30.6 Å². The fourth-order valence-corrected chi connectivity index (χ4v) is 2.13. The van der Waals surface area contributed by atoms with Crippen molar-refractivity contribution in [3.05, 3.63) is 35.0 Å². The number of carbonyl (C=O) groups is 1. The molecule has 0 radical (unpaired) electrons. The highest BCUT2D eigenvalue weighted by molar-refractivity contribution is 6.36. The minimum atomic E-state index is 0.151. The molecule has 0 aliphatic rings. The minimum Gasteiger partial charge on any atom is -0.348 e. The Kier molecular flexibility index (Phi) is 2.53. The maximum Gasteiger partial charge on any atom is 0.164 e. The van der Waals surface area contributed by atoms with Crippen LogP contribution in [0, 0.1) is 0 Å². The second kappa shape index (κ2) is 3.70. The molecule has 0 unspecified atom stereocenters. The van der Waals surface area contributed by atoms with E-state index in [4.69, 9.17) is 11.6 Å². The predicted octanol–water partition coefficient (Wildman–Crippen LogP) is 3.42. The molecule has 15 heavy (non-hydrogen) atoms. The van der Waals surface area contributed by atoms with Crippen LogP contribution in [0.1, 0.15) is 23.7 Å². The number of fused-ring (bicyclic) bond motifs is 1. The van der Waals surface area contributed by atoms with Crippen LogP contribution in [0.3, 0.4) is 0 Å². The van der Waals surface area contributed by atoms with Crippen molar-refractivity contribution >= 4 is 28.3 Å². The van der Waals surface area contributed by atoms with Crippen LogP contribution >= 0.6 is 11.6 Å². The van der Waals surface area contributed by atoms with Crippen molar-refractivity contribution in [2.24, 2.45) is 7.05 Å². The molecule has 2 nitrogen and oxygen atoms in total. The number of Topliss-reactive ketones (excluding diaryl/α,β-unsaturated/α-hetero) is 1. The first-order valence-electron chi connectivity index (χ1n) is 4.92. The van der Waals surface area contributed by atoms with Gasteiger partial charge < -0.3 is 4.57 Å². The van der Waals surface area contributed by atoms with Crippen LogP contribution in [0.5, 0.6) is 0 Å². The zero-order valence-electron chi connectivity index (χ0n) is 8.75. The van der Waals surface area contributed by atoms with Gasteiger partial charge in [-0.1, -0.05) is 30.7 Å². The standard InChI is InChI=1S/C12H12ClNO/c1-3-11(15)9-6-4-5-8-10(13)7-14(2)12(8)9/h4-7H,3H2,1-2H3. The summed E-state index contributed by atoms with van der Waals surface area (Å²) in [7, 11) is 1.90. The number of hydrogen-bond donors (Lipinski definition) is 0. The molecule has 1 aromatic carbocycles. The number of nitrogens with zero attached hydrogens (tertiary/aromatic N) is 1. The van der Waals surface area contributed by atoms with E-state index < -0.39 is 0 Å². The number of ketones is 1. The van der Waals surface area contributed by atoms with E-state index in [1.54, 1.807) is 0 Å². The van der Waals surface area contributed by atoms with E-state index in [0.29, 0.717) is 11.4 Å². The second-order valence-electron chi connectivity index (χ2n) is 3.57. The zero-order valence-corrected chi connectivity index (χ0v) is 9.51. The maximum atomic E-state index is 11.7. The Bertz CT molecular complexity index is 528. The average molecular weight is 222 g/mol. The highest BCUT2D eigenvalue weighted by Crippen LogP contribution is 2.28. The average Bonchev–Trinajstić information content (AvgIpc) is 2.54. The van der Waals surface area contributed by atoms with Crippen LogP contribution in [0.25, 0.3) is 10.9 Å². The van der Waals surface area contributed by atoms with Gasteiger partial charge in [0.1, 0.15) is 0 Å². The number of para-hydroxylation sites is 1. The fourth-order valence-electron chi connectivity index (χ4n) is 1.84. The van der Waals surface area contributed by atoms with Gasteiger partial charge >= 0.3 is 0 Å². The van der Waals surface area contributed by atoms with Crippen molar-refractivity contribution in [1.82, 2.24) is 4.57 Å².